The average Bonchev–Trinajstić information content (AvgIpc) is 2.97. The third-order valence-corrected chi connectivity index (χ3v) is 5.65. The van der Waals surface area contributed by atoms with E-state index in [-0.39, 0.29) is 0 Å². The molecule has 0 spiro atoms. The molecule has 0 saturated carbocycles. The van der Waals surface area contributed by atoms with Gasteiger partial charge in [-0.05, 0) is 68.6 Å². The Morgan fingerprint density at radius 3 is 0.826 bits per heavy atom. The van der Waals surface area contributed by atoms with E-state index in [1.165, 1.54) is 44.9 Å². The zero-order valence-corrected chi connectivity index (χ0v) is 17.3. The molecule has 2 rings (SSSR count). The van der Waals surface area contributed by atoms with Gasteiger partial charge in [-0.3, -0.25) is 0 Å². The number of hydrogen-bond donors (Lipinski definition) is 0. The van der Waals surface area contributed by atoms with Crippen molar-refractivity contribution in [1.82, 2.24) is 0 Å². The molecule has 23 heavy (non-hydrogen) atoms. The SMILES string of the molecule is CC(C)C1=C(C(C)C)CCC1.CC(C)C1=C(C(C)C)CCCC1. The van der Waals surface area contributed by atoms with Gasteiger partial charge in [0.25, 0.3) is 0 Å². The maximum absolute atomic E-state index is 2.34. The summed E-state index contributed by atoms with van der Waals surface area (Å²) >= 11 is 0. The zero-order chi connectivity index (χ0) is 17.6. The van der Waals surface area contributed by atoms with Crippen molar-refractivity contribution < 1.29 is 0 Å². The van der Waals surface area contributed by atoms with E-state index in [9.17, 15) is 0 Å². The van der Waals surface area contributed by atoms with Crippen LogP contribution >= 0.6 is 0 Å². The van der Waals surface area contributed by atoms with Crippen molar-refractivity contribution in [2.24, 2.45) is 23.7 Å². The van der Waals surface area contributed by atoms with Crippen molar-refractivity contribution in [3.63, 3.8) is 0 Å². The Bertz CT molecular complexity index is 377. The standard InChI is InChI=1S/C12H22.C11H20/c1-9(2)11-7-5-6-8-12(11)10(3)4;1-8(2)10-6-5-7-11(10)9(3)4/h9-10H,5-8H2,1-4H3;8-9H,5-7H2,1-4H3. The smallest absolute Gasteiger partial charge is 0.0257 e. The second-order valence-electron chi connectivity index (χ2n) is 8.78. The third kappa shape index (κ3) is 6.12. The van der Waals surface area contributed by atoms with Crippen molar-refractivity contribution in [2.45, 2.75) is 100 Å². The van der Waals surface area contributed by atoms with Crippen LogP contribution in [0.1, 0.15) is 100 Å². The molecule has 0 nitrogen and oxygen atoms in total. The second-order valence-corrected chi connectivity index (χ2v) is 8.78. The molecule has 2 aliphatic rings. The molecule has 0 radical (unpaired) electrons. The summed E-state index contributed by atoms with van der Waals surface area (Å²) in [5, 5.41) is 0. The molecule has 134 valence electrons. The highest BCUT2D eigenvalue weighted by atomic mass is 14.2. The van der Waals surface area contributed by atoms with Gasteiger partial charge in [0.1, 0.15) is 0 Å². The minimum Gasteiger partial charge on any atom is -0.0682 e. The second kappa shape index (κ2) is 9.70. The molecule has 0 aromatic carbocycles. The molecule has 0 atom stereocenters. The van der Waals surface area contributed by atoms with E-state index in [2.05, 4.69) is 55.4 Å². The lowest BCUT2D eigenvalue weighted by Crippen LogP contribution is -2.09. The van der Waals surface area contributed by atoms with Gasteiger partial charge in [-0.15, -0.1) is 0 Å². The van der Waals surface area contributed by atoms with Gasteiger partial charge < -0.3 is 0 Å². The molecule has 0 amide bonds. The first-order chi connectivity index (χ1) is 10.8. The first-order valence-electron chi connectivity index (χ1n) is 10.2. The summed E-state index contributed by atoms with van der Waals surface area (Å²) in [6, 6.07) is 0. The van der Waals surface area contributed by atoms with Gasteiger partial charge in [-0.1, -0.05) is 77.7 Å². The Labute approximate surface area is 146 Å². The molecule has 0 heteroatoms. The first kappa shape index (κ1) is 20.5. The Morgan fingerprint density at radius 2 is 0.609 bits per heavy atom. The molecule has 0 heterocycles. The Kier molecular flexibility index (Phi) is 8.65. The number of hydrogen-bond acceptors (Lipinski definition) is 0. The maximum Gasteiger partial charge on any atom is -0.0257 e. The largest absolute Gasteiger partial charge is 0.0682 e. The fourth-order valence-corrected chi connectivity index (χ4v) is 4.38. The van der Waals surface area contributed by atoms with Crippen molar-refractivity contribution in [3.8, 4) is 0 Å². The molecule has 0 aliphatic heterocycles. The van der Waals surface area contributed by atoms with Crippen LogP contribution in [-0.4, -0.2) is 0 Å². The van der Waals surface area contributed by atoms with Crippen LogP contribution in [0, 0.1) is 23.7 Å². The maximum atomic E-state index is 2.34. The van der Waals surface area contributed by atoms with Gasteiger partial charge in [-0.2, -0.15) is 0 Å². The normalized spacial score (nSPS) is 19.3. The van der Waals surface area contributed by atoms with Gasteiger partial charge in [0, 0.05) is 0 Å². The Balaban J connectivity index is 0.000000231. The van der Waals surface area contributed by atoms with Gasteiger partial charge in [-0.25, -0.2) is 0 Å². The van der Waals surface area contributed by atoms with Crippen LogP contribution in [0.5, 0.6) is 0 Å². The number of rotatable bonds is 4. The molecule has 2 aliphatic carbocycles. The summed E-state index contributed by atoms with van der Waals surface area (Å²) in [5.74, 6) is 3.13. The molecule has 0 aromatic rings. The van der Waals surface area contributed by atoms with Crippen molar-refractivity contribution >= 4 is 0 Å². The lowest BCUT2D eigenvalue weighted by Gasteiger charge is -2.25. The van der Waals surface area contributed by atoms with E-state index in [4.69, 9.17) is 0 Å². The quantitative estimate of drug-likeness (QED) is 0.461. The van der Waals surface area contributed by atoms with Crippen LogP contribution in [0.2, 0.25) is 0 Å². The summed E-state index contributed by atoms with van der Waals surface area (Å²) in [5.41, 5.74) is 7.02. The van der Waals surface area contributed by atoms with Gasteiger partial charge in [0.15, 0.2) is 0 Å². The fraction of sp³-hybridized carbons (Fsp3) is 0.826. The van der Waals surface area contributed by atoms with E-state index in [0.717, 1.165) is 23.7 Å². The summed E-state index contributed by atoms with van der Waals surface area (Å²) < 4.78 is 0. The zero-order valence-electron chi connectivity index (χ0n) is 17.3. The molecular weight excluding hydrogens is 276 g/mol. The molecule has 0 bridgehead atoms. The van der Waals surface area contributed by atoms with Crippen molar-refractivity contribution in [2.75, 3.05) is 0 Å². The Hall–Kier alpha value is -0.520. The van der Waals surface area contributed by atoms with Crippen molar-refractivity contribution in [1.29, 1.82) is 0 Å². The molecule has 0 fully saturated rings. The topological polar surface area (TPSA) is 0 Å². The van der Waals surface area contributed by atoms with Gasteiger partial charge in [0.05, 0.1) is 0 Å². The summed E-state index contributed by atoms with van der Waals surface area (Å²) in [6.45, 7) is 18.6. The summed E-state index contributed by atoms with van der Waals surface area (Å²) in [7, 11) is 0. The predicted octanol–water partition coefficient (Wildman–Crippen LogP) is 7.95. The number of allylic oxidation sites excluding steroid dienone is 4. The first-order valence-corrected chi connectivity index (χ1v) is 10.2. The van der Waals surface area contributed by atoms with E-state index in [0.29, 0.717) is 0 Å². The minimum atomic E-state index is 0.780. The Morgan fingerprint density at radius 1 is 0.391 bits per heavy atom. The molecule has 0 aromatic heterocycles. The predicted molar refractivity (Wildman–Crippen MR) is 106 cm³/mol. The van der Waals surface area contributed by atoms with Crippen LogP contribution in [0.15, 0.2) is 22.3 Å². The van der Waals surface area contributed by atoms with Crippen LogP contribution < -0.4 is 0 Å². The third-order valence-electron chi connectivity index (χ3n) is 5.65. The molecular formula is C23H42. The minimum absolute atomic E-state index is 0.780. The van der Waals surface area contributed by atoms with Gasteiger partial charge >= 0.3 is 0 Å². The van der Waals surface area contributed by atoms with Crippen LogP contribution in [-0.2, 0) is 0 Å². The highest BCUT2D eigenvalue weighted by molar-refractivity contribution is 5.22. The lowest BCUT2D eigenvalue weighted by atomic mass is 9.81. The van der Waals surface area contributed by atoms with E-state index >= 15 is 0 Å². The van der Waals surface area contributed by atoms with E-state index < -0.39 is 0 Å². The molecule has 0 saturated heterocycles. The fourth-order valence-electron chi connectivity index (χ4n) is 4.38. The molecule has 0 unspecified atom stereocenters. The highest BCUT2D eigenvalue weighted by Gasteiger charge is 2.18. The summed E-state index contributed by atoms with van der Waals surface area (Å²) in [4.78, 5) is 0. The summed E-state index contributed by atoms with van der Waals surface area (Å²) in [6.07, 6.45) is 9.71. The monoisotopic (exact) mass is 318 g/mol. The average molecular weight is 319 g/mol. The van der Waals surface area contributed by atoms with Crippen LogP contribution in [0.3, 0.4) is 0 Å². The van der Waals surface area contributed by atoms with Crippen LogP contribution in [0.25, 0.3) is 0 Å². The van der Waals surface area contributed by atoms with E-state index in [1.54, 1.807) is 22.3 Å². The van der Waals surface area contributed by atoms with Gasteiger partial charge in [0.2, 0.25) is 0 Å². The van der Waals surface area contributed by atoms with Crippen LogP contribution in [0.4, 0.5) is 0 Å². The lowest BCUT2D eigenvalue weighted by molar-refractivity contribution is 0.549. The van der Waals surface area contributed by atoms with Crippen molar-refractivity contribution in [3.05, 3.63) is 22.3 Å². The highest BCUT2D eigenvalue weighted by Crippen LogP contribution is 2.35. The van der Waals surface area contributed by atoms with E-state index in [1.807, 2.05) is 0 Å². The molecule has 0 N–H and O–H groups in total.